The van der Waals surface area contributed by atoms with Gasteiger partial charge in [-0.2, -0.15) is 4.98 Å². The predicted molar refractivity (Wildman–Crippen MR) is 105 cm³/mol. The highest BCUT2D eigenvalue weighted by molar-refractivity contribution is 7.21. The number of benzene rings is 1. The Morgan fingerprint density at radius 2 is 1.81 bits per heavy atom. The van der Waals surface area contributed by atoms with Crippen LogP contribution in [0.4, 0.5) is 0 Å². The third kappa shape index (κ3) is 2.89. The van der Waals surface area contributed by atoms with Crippen LogP contribution in [0.5, 0.6) is 0 Å². The van der Waals surface area contributed by atoms with Gasteiger partial charge in [-0.25, -0.2) is 4.98 Å². The van der Waals surface area contributed by atoms with Crippen molar-refractivity contribution in [2.24, 2.45) is 0 Å². The molecular formula is C20H17N3OS2. The first-order valence-electron chi connectivity index (χ1n) is 8.73. The Kier molecular flexibility index (Phi) is 3.94. The Bertz CT molecular complexity index is 1040. The number of thiazole rings is 1. The lowest BCUT2D eigenvalue weighted by Crippen LogP contribution is -2.08. The molecule has 0 N–H and O–H groups in total. The van der Waals surface area contributed by atoms with Gasteiger partial charge in [-0.15, -0.1) is 22.7 Å². The third-order valence-electron chi connectivity index (χ3n) is 4.79. The molecule has 4 nitrogen and oxygen atoms in total. The van der Waals surface area contributed by atoms with Gasteiger partial charge in [0.2, 0.25) is 11.7 Å². The number of aromatic nitrogens is 3. The first-order valence-corrected chi connectivity index (χ1v) is 10.4. The van der Waals surface area contributed by atoms with E-state index in [9.17, 15) is 0 Å². The molecule has 1 aliphatic carbocycles. The average Bonchev–Trinajstić information content (AvgIpc) is 3.33. The van der Waals surface area contributed by atoms with E-state index >= 15 is 0 Å². The second-order valence-electron chi connectivity index (χ2n) is 6.61. The summed E-state index contributed by atoms with van der Waals surface area (Å²) in [6, 6.07) is 12.5. The zero-order valence-electron chi connectivity index (χ0n) is 14.3. The van der Waals surface area contributed by atoms with E-state index in [0.29, 0.717) is 11.7 Å². The minimum absolute atomic E-state index is 0.463. The molecule has 0 bridgehead atoms. The molecule has 0 unspecified atom stereocenters. The van der Waals surface area contributed by atoms with Crippen molar-refractivity contribution in [2.45, 2.75) is 32.1 Å². The van der Waals surface area contributed by atoms with Gasteiger partial charge in [-0.3, -0.25) is 0 Å². The van der Waals surface area contributed by atoms with Crippen LogP contribution in [0.1, 0.15) is 35.9 Å². The molecule has 0 saturated heterocycles. The van der Waals surface area contributed by atoms with E-state index in [2.05, 4.69) is 46.7 Å². The Morgan fingerprint density at radius 1 is 1.00 bits per heavy atom. The fourth-order valence-electron chi connectivity index (χ4n) is 3.03. The van der Waals surface area contributed by atoms with E-state index in [1.807, 2.05) is 12.1 Å². The molecule has 0 amide bonds. The van der Waals surface area contributed by atoms with E-state index in [1.54, 1.807) is 22.7 Å². The van der Waals surface area contributed by atoms with Crippen LogP contribution in [-0.2, 0) is 0 Å². The van der Waals surface area contributed by atoms with Crippen molar-refractivity contribution in [3.8, 4) is 32.5 Å². The van der Waals surface area contributed by atoms with Gasteiger partial charge in [-0.05, 0) is 31.9 Å². The molecule has 26 heavy (non-hydrogen) atoms. The summed E-state index contributed by atoms with van der Waals surface area (Å²) >= 11 is 3.47. The SMILES string of the molecule is Cc1ccc(-c2nc(-c3ccc(-c4noc(C5CCC5)n4)cc3)cs2)s1. The van der Waals surface area contributed by atoms with Crippen LogP contribution in [0, 0.1) is 6.92 Å². The van der Waals surface area contributed by atoms with Crippen molar-refractivity contribution >= 4 is 22.7 Å². The van der Waals surface area contributed by atoms with E-state index < -0.39 is 0 Å². The molecule has 6 heteroatoms. The van der Waals surface area contributed by atoms with Gasteiger partial charge in [-0.1, -0.05) is 35.8 Å². The van der Waals surface area contributed by atoms with Gasteiger partial charge in [0.15, 0.2) is 0 Å². The maximum Gasteiger partial charge on any atom is 0.230 e. The summed E-state index contributed by atoms with van der Waals surface area (Å²) in [5.74, 6) is 1.92. The van der Waals surface area contributed by atoms with Crippen LogP contribution in [0.15, 0.2) is 46.3 Å². The van der Waals surface area contributed by atoms with Crippen LogP contribution in [-0.4, -0.2) is 15.1 Å². The number of nitrogens with zero attached hydrogens (tertiary/aromatic N) is 3. The van der Waals surface area contributed by atoms with Crippen LogP contribution < -0.4 is 0 Å². The van der Waals surface area contributed by atoms with Gasteiger partial charge in [0.1, 0.15) is 5.01 Å². The molecule has 0 aliphatic heterocycles. The minimum Gasteiger partial charge on any atom is -0.339 e. The molecule has 3 aromatic heterocycles. The summed E-state index contributed by atoms with van der Waals surface area (Å²) in [6.45, 7) is 2.12. The second-order valence-corrected chi connectivity index (χ2v) is 8.76. The quantitative estimate of drug-likeness (QED) is 0.426. The molecule has 5 rings (SSSR count). The van der Waals surface area contributed by atoms with Gasteiger partial charge in [0, 0.05) is 27.3 Å². The lowest BCUT2D eigenvalue weighted by Gasteiger charge is -2.20. The van der Waals surface area contributed by atoms with E-state index in [-0.39, 0.29) is 0 Å². The van der Waals surface area contributed by atoms with Crippen molar-refractivity contribution < 1.29 is 4.52 Å². The number of hydrogen-bond donors (Lipinski definition) is 0. The largest absolute Gasteiger partial charge is 0.339 e. The Labute approximate surface area is 159 Å². The number of aryl methyl sites for hydroxylation is 1. The van der Waals surface area contributed by atoms with E-state index in [0.717, 1.165) is 40.6 Å². The molecule has 0 radical (unpaired) electrons. The monoisotopic (exact) mass is 379 g/mol. The molecule has 0 spiro atoms. The van der Waals surface area contributed by atoms with Crippen LogP contribution in [0.2, 0.25) is 0 Å². The maximum atomic E-state index is 5.42. The van der Waals surface area contributed by atoms with Crippen molar-refractivity contribution in [3.63, 3.8) is 0 Å². The Hall–Kier alpha value is -2.31. The van der Waals surface area contributed by atoms with Gasteiger partial charge >= 0.3 is 0 Å². The highest BCUT2D eigenvalue weighted by Gasteiger charge is 2.25. The second kappa shape index (κ2) is 6.45. The molecule has 3 heterocycles. The number of hydrogen-bond acceptors (Lipinski definition) is 6. The molecule has 1 aromatic carbocycles. The van der Waals surface area contributed by atoms with Gasteiger partial charge in [0.05, 0.1) is 10.6 Å². The number of thiophene rings is 1. The Morgan fingerprint density at radius 3 is 2.50 bits per heavy atom. The lowest BCUT2D eigenvalue weighted by atomic mass is 9.85. The zero-order chi connectivity index (χ0) is 17.5. The third-order valence-corrected chi connectivity index (χ3v) is 6.80. The van der Waals surface area contributed by atoms with Crippen molar-refractivity contribution in [2.75, 3.05) is 0 Å². The molecule has 1 fully saturated rings. The summed E-state index contributed by atoms with van der Waals surface area (Å²) in [6.07, 6.45) is 3.59. The molecule has 0 atom stereocenters. The molecule has 130 valence electrons. The average molecular weight is 380 g/mol. The van der Waals surface area contributed by atoms with E-state index in [4.69, 9.17) is 9.51 Å². The van der Waals surface area contributed by atoms with E-state index in [1.165, 1.54) is 16.2 Å². The maximum absolute atomic E-state index is 5.42. The zero-order valence-corrected chi connectivity index (χ0v) is 15.9. The summed E-state index contributed by atoms with van der Waals surface area (Å²) in [4.78, 5) is 11.9. The van der Waals surface area contributed by atoms with Gasteiger partial charge < -0.3 is 4.52 Å². The smallest absolute Gasteiger partial charge is 0.230 e. The lowest BCUT2D eigenvalue weighted by molar-refractivity contribution is 0.292. The van der Waals surface area contributed by atoms with Crippen LogP contribution in [0.25, 0.3) is 32.5 Å². The fraction of sp³-hybridized carbons (Fsp3) is 0.250. The fourth-order valence-corrected chi connectivity index (χ4v) is 4.80. The molecular weight excluding hydrogens is 362 g/mol. The van der Waals surface area contributed by atoms with Crippen molar-refractivity contribution in [3.05, 3.63) is 52.5 Å². The highest BCUT2D eigenvalue weighted by Crippen LogP contribution is 2.36. The van der Waals surface area contributed by atoms with Crippen molar-refractivity contribution in [1.29, 1.82) is 0 Å². The number of rotatable bonds is 4. The first-order chi connectivity index (χ1) is 12.8. The summed E-state index contributed by atoms with van der Waals surface area (Å²) in [7, 11) is 0. The van der Waals surface area contributed by atoms with Crippen molar-refractivity contribution in [1.82, 2.24) is 15.1 Å². The molecule has 4 aromatic rings. The minimum atomic E-state index is 0.463. The molecule has 1 saturated carbocycles. The Balaban J connectivity index is 1.38. The van der Waals surface area contributed by atoms with Crippen LogP contribution in [0.3, 0.4) is 0 Å². The predicted octanol–water partition coefficient (Wildman–Crippen LogP) is 6.16. The topological polar surface area (TPSA) is 51.8 Å². The summed E-state index contributed by atoms with van der Waals surface area (Å²) in [5, 5.41) is 7.33. The standard InChI is InChI=1S/C20H17N3OS2/c1-12-5-10-17(26-12)20-21-16(11-25-20)13-6-8-14(9-7-13)18-22-19(24-23-18)15-3-2-4-15/h5-11,15H,2-4H2,1H3. The molecule has 1 aliphatic rings. The van der Waals surface area contributed by atoms with Gasteiger partial charge in [0.25, 0.3) is 0 Å². The first kappa shape index (κ1) is 15.9. The normalized spacial score (nSPS) is 14.5. The summed E-state index contributed by atoms with van der Waals surface area (Å²) < 4.78 is 5.42. The summed E-state index contributed by atoms with van der Waals surface area (Å²) in [5.41, 5.74) is 3.09. The highest BCUT2D eigenvalue weighted by atomic mass is 32.1. The van der Waals surface area contributed by atoms with Crippen LogP contribution >= 0.6 is 22.7 Å².